The second-order valence-corrected chi connectivity index (χ2v) is 4.72. The molecule has 114 valence electrons. The largest absolute Gasteiger partial charge is 0.356 e. The van der Waals surface area contributed by atoms with Gasteiger partial charge in [0.2, 0.25) is 0 Å². The molecule has 0 unspecified atom stereocenters. The molecule has 0 saturated heterocycles. The van der Waals surface area contributed by atoms with Gasteiger partial charge in [-0.1, -0.05) is 56.5 Å². The van der Waals surface area contributed by atoms with Gasteiger partial charge in [-0.25, -0.2) is 0 Å². The monoisotopic (exact) mass is 389 g/mol. The summed E-state index contributed by atoms with van der Waals surface area (Å²) in [7, 11) is 1.82. The van der Waals surface area contributed by atoms with Crippen LogP contribution in [0, 0.1) is 0 Å². The third kappa shape index (κ3) is 9.18. The van der Waals surface area contributed by atoms with Crippen LogP contribution in [0.4, 0.5) is 0 Å². The lowest BCUT2D eigenvalue weighted by Crippen LogP contribution is -2.38. The van der Waals surface area contributed by atoms with Crippen molar-refractivity contribution >= 4 is 29.9 Å². The quantitative estimate of drug-likeness (QED) is 0.309. The van der Waals surface area contributed by atoms with E-state index in [1.54, 1.807) is 0 Å². The van der Waals surface area contributed by atoms with Crippen molar-refractivity contribution in [3.63, 3.8) is 0 Å². The zero-order valence-corrected chi connectivity index (χ0v) is 15.0. The van der Waals surface area contributed by atoms with E-state index in [9.17, 15) is 0 Å². The van der Waals surface area contributed by atoms with E-state index in [4.69, 9.17) is 0 Å². The molecule has 0 spiro atoms. The summed E-state index contributed by atoms with van der Waals surface area (Å²) in [5.74, 6) is 0.910. The molecule has 20 heavy (non-hydrogen) atoms. The number of hydrogen-bond donors (Lipinski definition) is 2. The van der Waals surface area contributed by atoms with Crippen LogP contribution in [-0.4, -0.2) is 26.1 Å². The Balaban J connectivity index is 0.00000361. The number of nitrogens with one attached hydrogen (secondary N) is 2. The van der Waals surface area contributed by atoms with Crippen LogP contribution in [0.2, 0.25) is 0 Å². The highest BCUT2D eigenvalue weighted by atomic mass is 127. The first-order valence-electron chi connectivity index (χ1n) is 7.35. The Hall–Kier alpha value is -0.780. The molecular weight excluding hydrogens is 361 g/mol. The Bertz CT molecular complexity index is 352. The molecule has 4 heteroatoms. The molecule has 3 nitrogen and oxygen atoms in total. The van der Waals surface area contributed by atoms with Gasteiger partial charge in [0.25, 0.3) is 0 Å². The van der Waals surface area contributed by atoms with Gasteiger partial charge in [0, 0.05) is 20.1 Å². The molecule has 0 radical (unpaired) electrons. The molecule has 1 rings (SSSR count). The SMILES string of the molecule is CCCCCCNC(=NC)NCCc1ccccc1.I. The van der Waals surface area contributed by atoms with Gasteiger partial charge in [-0.3, -0.25) is 4.99 Å². The molecule has 0 aliphatic rings. The third-order valence-corrected chi connectivity index (χ3v) is 3.10. The van der Waals surface area contributed by atoms with Crippen LogP contribution >= 0.6 is 24.0 Å². The summed E-state index contributed by atoms with van der Waals surface area (Å²) in [6.45, 7) is 4.15. The lowest BCUT2D eigenvalue weighted by Gasteiger charge is -2.11. The second-order valence-electron chi connectivity index (χ2n) is 4.72. The fourth-order valence-corrected chi connectivity index (χ4v) is 1.95. The number of halogens is 1. The highest BCUT2D eigenvalue weighted by molar-refractivity contribution is 14.0. The molecule has 1 aromatic carbocycles. The minimum Gasteiger partial charge on any atom is -0.356 e. The molecule has 0 fully saturated rings. The molecule has 0 bridgehead atoms. The van der Waals surface area contributed by atoms with E-state index in [0.717, 1.165) is 25.5 Å². The van der Waals surface area contributed by atoms with Crippen molar-refractivity contribution in [1.29, 1.82) is 0 Å². The van der Waals surface area contributed by atoms with Crippen LogP contribution in [0.25, 0.3) is 0 Å². The summed E-state index contributed by atoms with van der Waals surface area (Å²) < 4.78 is 0. The van der Waals surface area contributed by atoms with Crippen molar-refractivity contribution in [2.24, 2.45) is 4.99 Å². The van der Waals surface area contributed by atoms with Crippen molar-refractivity contribution in [2.45, 2.75) is 39.0 Å². The summed E-state index contributed by atoms with van der Waals surface area (Å²) in [6, 6.07) is 10.5. The first kappa shape index (κ1) is 19.2. The maximum absolute atomic E-state index is 4.23. The summed E-state index contributed by atoms with van der Waals surface area (Å²) in [6.07, 6.45) is 6.14. The minimum atomic E-state index is 0. The Morgan fingerprint density at radius 2 is 1.70 bits per heavy atom. The van der Waals surface area contributed by atoms with E-state index < -0.39 is 0 Å². The van der Waals surface area contributed by atoms with Crippen molar-refractivity contribution < 1.29 is 0 Å². The molecular formula is C16H28IN3. The molecule has 0 aromatic heterocycles. The third-order valence-electron chi connectivity index (χ3n) is 3.10. The average Bonchev–Trinajstić information content (AvgIpc) is 2.46. The summed E-state index contributed by atoms with van der Waals surface area (Å²) in [5, 5.41) is 6.70. The molecule has 0 amide bonds. The Morgan fingerprint density at radius 1 is 1.00 bits per heavy atom. The van der Waals surface area contributed by atoms with Crippen molar-refractivity contribution in [3.05, 3.63) is 35.9 Å². The second kappa shape index (κ2) is 13.2. The van der Waals surface area contributed by atoms with Gasteiger partial charge in [0.1, 0.15) is 0 Å². The topological polar surface area (TPSA) is 36.4 Å². The predicted octanol–water partition coefficient (Wildman–Crippen LogP) is 3.59. The standard InChI is InChI=1S/C16H27N3.HI/c1-3-4-5-9-13-18-16(17-2)19-14-12-15-10-7-6-8-11-15;/h6-8,10-11H,3-5,9,12-14H2,1-2H3,(H2,17,18,19);1H. The van der Waals surface area contributed by atoms with E-state index in [2.05, 4.69) is 46.8 Å². The smallest absolute Gasteiger partial charge is 0.190 e. The van der Waals surface area contributed by atoms with Gasteiger partial charge < -0.3 is 10.6 Å². The first-order chi connectivity index (χ1) is 9.36. The molecule has 0 saturated carbocycles. The number of aliphatic imine (C=N–C) groups is 1. The molecule has 0 atom stereocenters. The van der Waals surface area contributed by atoms with Gasteiger partial charge >= 0.3 is 0 Å². The van der Waals surface area contributed by atoms with Crippen LogP contribution in [-0.2, 0) is 6.42 Å². The molecule has 0 aliphatic heterocycles. The van der Waals surface area contributed by atoms with E-state index >= 15 is 0 Å². The number of guanidine groups is 1. The summed E-state index contributed by atoms with van der Waals surface area (Å²) in [4.78, 5) is 4.23. The number of benzene rings is 1. The summed E-state index contributed by atoms with van der Waals surface area (Å²) in [5.41, 5.74) is 1.35. The fraction of sp³-hybridized carbons (Fsp3) is 0.562. The Labute approximate surface area is 140 Å². The number of hydrogen-bond acceptors (Lipinski definition) is 1. The Morgan fingerprint density at radius 3 is 2.35 bits per heavy atom. The number of unbranched alkanes of at least 4 members (excludes halogenated alkanes) is 3. The molecule has 2 N–H and O–H groups in total. The number of nitrogens with zero attached hydrogens (tertiary/aromatic N) is 1. The van der Waals surface area contributed by atoms with Gasteiger partial charge in [-0.2, -0.15) is 0 Å². The average molecular weight is 389 g/mol. The lowest BCUT2D eigenvalue weighted by molar-refractivity contribution is 0.647. The van der Waals surface area contributed by atoms with Gasteiger partial charge in [-0.05, 0) is 18.4 Å². The normalized spacial score (nSPS) is 10.8. The van der Waals surface area contributed by atoms with Crippen molar-refractivity contribution in [3.8, 4) is 0 Å². The number of rotatable bonds is 8. The van der Waals surface area contributed by atoms with Crippen LogP contribution in [0.15, 0.2) is 35.3 Å². The molecule has 0 heterocycles. The van der Waals surface area contributed by atoms with Crippen LogP contribution in [0.5, 0.6) is 0 Å². The fourth-order valence-electron chi connectivity index (χ4n) is 1.95. The van der Waals surface area contributed by atoms with Crippen LogP contribution in [0.3, 0.4) is 0 Å². The highest BCUT2D eigenvalue weighted by Crippen LogP contribution is 1.98. The lowest BCUT2D eigenvalue weighted by atomic mass is 10.1. The van der Waals surface area contributed by atoms with E-state index in [0.29, 0.717) is 0 Å². The van der Waals surface area contributed by atoms with Crippen LogP contribution < -0.4 is 10.6 Å². The zero-order valence-electron chi connectivity index (χ0n) is 12.7. The molecule has 0 aliphatic carbocycles. The van der Waals surface area contributed by atoms with Gasteiger partial charge in [0.05, 0.1) is 0 Å². The summed E-state index contributed by atoms with van der Waals surface area (Å²) >= 11 is 0. The van der Waals surface area contributed by atoms with E-state index in [1.807, 2.05) is 13.1 Å². The Kier molecular flexibility index (Phi) is 12.7. The van der Waals surface area contributed by atoms with Crippen molar-refractivity contribution in [2.75, 3.05) is 20.1 Å². The predicted molar refractivity (Wildman–Crippen MR) is 99.1 cm³/mol. The minimum absolute atomic E-state index is 0. The highest BCUT2D eigenvalue weighted by Gasteiger charge is 1.97. The maximum atomic E-state index is 4.23. The van der Waals surface area contributed by atoms with Crippen molar-refractivity contribution in [1.82, 2.24) is 10.6 Å². The molecule has 1 aromatic rings. The van der Waals surface area contributed by atoms with Gasteiger partial charge in [-0.15, -0.1) is 24.0 Å². The first-order valence-corrected chi connectivity index (χ1v) is 7.35. The zero-order chi connectivity index (χ0) is 13.8. The van der Waals surface area contributed by atoms with E-state index in [1.165, 1.54) is 31.2 Å². The van der Waals surface area contributed by atoms with E-state index in [-0.39, 0.29) is 24.0 Å². The van der Waals surface area contributed by atoms with Crippen LogP contribution in [0.1, 0.15) is 38.2 Å². The maximum Gasteiger partial charge on any atom is 0.190 e. The van der Waals surface area contributed by atoms with Gasteiger partial charge in [0.15, 0.2) is 5.96 Å².